The van der Waals surface area contributed by atoms with Gasteiger partial charge < -0.3 is 10.1 Å². The van der Waals surface area contributed by atoms with Gasteiger partial charge in [-0.3, -0.25) is 4.40 Å². The van der Waals surface area contributed by atoms with Crippen molar-refractivity contribution in [3.8, 4) is 5.75 Å². The van der Waals surface area contributed by atoms with Gasteiger partial charge >= 0.3 is 0 Å². The third-order valence-corrected chi connectivity index (χ3v) is 5.49. The lowest BCUT2D eigenvalue weighted by atomic mass is 9.93. The Hall–Kier alpha value is -1.62. The van der Waals surface area contributed by atoms with Crippen molar-refractivity contribution < 1.29 is 4.74 Å². The molecule has 2 saturated heterocycles. The Morgan fingerprint density at radius 2 is 2.00 bits per heavy atom. The van der Waals surface area contributed by atoms with Crippen LogP contribution in [0.3, 0.4) is 0 Å². The highest BCUT2D eigenvalue weighted by Gasteiger charge is 2.34. The second-order valence-electron chi connectivity index (χ2n) is 7.25. The zero-order valence-electron chi connectivity index (χ0n) is 12.7. The van der Waals surface area contributed by atoms with Crippen LogP contribution in [-0.4, -0.2) is 33.3 Å². The molecular weight excluding hydrogens is 276 g/mol. The molecule has 2 aromatic rings. The molecular formula is C17H22N4O. The zero-order chi connectivity index (χ0) is 14.5. The van der Waals surface area contributed by atoms with Gasteiger partial charge in [-0.1, -0.05) is 0 Å². The summed E-state index contributed by atoms with van der Waals surface area (Å²) in [5.74, 6) is 2.40. The summed E-state index contributed by atoms with van der Waals surface area (Å²) in [5, 5.41) is 11.8. The molecule has 4 heterocycles. The number of piperidine rings is 1. The number of pyridine rings is 1. The highest BCUT2D eigenvalue weighted by atomic mass is 16.5. The standard InChI is InChI=1S/C17H22N4O/c1-2-12(1)15-8-21-10-18-20-17(21)7-16(15)22-9-11-5-13-3-4-14(6-11)19-13/h7-8,10-14,19H,1-6,9H2/t11-,13-,14+. The first-order chi connectivity index (χ1) is 10.8. The topological polar surface area (TPSA) is 51.5 Å². The Labute approximate surface area is 130 Å². The van der Waals surface area contributed by atoms with Crippen molar-refractivity contribution in [3.05, 3.63) is 24.2 Å². The first-order valence-corrected chi connectivity index (χ1v) is 8.57. The van der Waals surface area contributed by atoms with Crippen LogP contribution in [0, 0.1) is 5.92 Å². The third-order valence-electron chi connectivity index (χ3n) is 5.49. The van der Waals surface area contributed by atoms with Crippen LogP contribution in [0.5, 0.6) is 5.75 Å². The van der Waals surface area contributed by atoms with Crippen molar-refractivity contribution in [2.45, 2.75) is 56.5 Å². The van der Waals surface area contributed by atoms with Gasteiger partial charge in [0.1, 0.15) is 12.1 Å². The van der Waals surface area contributed by atoms with Crippen LogP contribution in [-0.2, 0) is 0 Å². The molecule has 0 aromatic carbocycles. The van der Waals surface area contributed by atoms with E-state index in [-0.39, 0.29) is 0 Å². The highest BCUT2D eigenvalue weighted by Crippen LogP contribution is 2.44. The molecule has 116 valence electrons. The van der Waals surface area contributed by atoms with Crippen molar-refractivity contribution in [1.29, 1.82) is 0 Å². The average molecular weight is 298 g/mol. The van der Waals surface area contributed by atoms with Crippen LogP contribution in [0.15, 0.2) is 18.6 Å². The van der Waals surface area contributed by atoms with Gasteiger partial charge in [-0.25, -0.2) is 0 Å². The molecule has 5 nitrogen and oxygen atoms in total. The lowest BCUT2D eigenvalue weighted by molar-refractivity contribution is 0.189. The van der Waals surface area contributed by atoms with Gasteiger partial charge in [-0.2, -0.15) is 0 Å². The molecule has 1 aliphatic carbocycles. The van der Waals surface area contributed by atoms with E-state index in [2.05, 4.69) is 27.8 Å². The molecule has 1 saturated carbocycles. The molecule has 3 fully saturated rings. The Balaban J connectivity index is 1.35. The van der Waals surface area contributed by atoms with E-state index in [9.17, 15) is 0 Å². The zero-order valence-corrected chi connectivity index (χ0v) is 12.7. The van der Waals surface area contributed by atoms with E-state index < -0.39 is 0 Å². The molecule has 2 aromatic heterocycles. The molecule has 2 bridgehead atoms. The number of hydrogen-bond acceptors (Lipinski definition) is 4. The summed E-state index contributed by atoms with van der Waals surface area (Å²) < 4.78 is 8.28. The van der Waals surface area contributed by atoms with Crippen molar-refractivity contribution >= 4 is 5.65 Å². The van der Waals surface area contributed by atoms with E-state index in [1.54, 1.807) is 6.33 Å². The number of fused-ring (bicyclic) bond motifs is 3. The summed E-state index contributed by atoms with van der Waals surface area (Å²) in [6.07, 6.45) is 11.7. The predicted octanol–water partition coefficient (Wildman–Crippen LogP) is 2.52. The first-order valence-electron chi connectivity index (χ1n) is 8.57. The quantitative estimate of drug-likeness (QED) is 0.942. The first kappa shape index (κ1) is 12.9. The molecule has 1 N–H and O–H groups in total. The molecule has 22 heavy (non-hydrogen) atoms. The van der Waals surface area contributed by atoms with Crippen LogP contribution in [0.25, 0.3) is 5.65 Å². The number of aromatic nitrogens is 3. The molecule has 3 atom stereocenters. The monoisotopic (exact) mass is 298 g/mol. The lowest BCUT2D eigenvalue weighted by Gasteiger charge is -2.29. The molecule has 0 radical (unpaired) electrons. The molecule has 0 unspecified atom stereocenters. The number of rotatable bonds is 4. The van der Waals surface area contributed by atoms with E-state index in [1.165, 1.54) is 44.1 Å². The van der Waals surface area contributed by atoms with Gasteiger partial charge in [0.15, 0.2) is 5.65 Å². The van der Waals surface area contributed by atoms with E-state index in [4.69, 9.17) is 4.74 Å². The van der Waals surface area contributed by atoms with Crippen molar-refractivity contribution in [3.63, 3.8) is 0 Å². The minimum atomic E-state index is 0.672. The fraction of sp³-hybridized carbons (Fsp3) is 0.647. The molecule has 3 aliphatic rings. The van der Waals surface area contributed by atoms with Gasteiger partial charge in [0.05, 0.1) is 6.61 Å². The Kier molecular flexibility index (Phi) is 2.90. The van der Waals surface area contributed by atoms with Crippen LogP contribution < -0.4 is 10.1 Å². The normalized spacial score (nSPS) is 30.8. The molecule has 2 aliphatic heterocycles. The van der Waals surface area contributed by atoms with Gasteiger partial charge in [-0.05, 0) is 50.4 Å². The van der Waals surface area contributed by atoms with Crippen molar-refractivity contribution in [2.75, 3.05) is 6.61 Å². The second kappa shape index (κ2) is 4.95. The SMILES string of the molecule is c1c(OC[C@@H]2C[C@H]3CC[C@@H](C2)N3)c(C2CC2)cn2cnnc12. The maximum atomic E-state index is 6.27. The largest absolute Gasteiger partial charge is 0.493 e. The fourth-order valence-electron chi connectivity index (χ4n) is 4.21. The van der Waals surface area contributed by atoms with Crippen LogP contribution in [0.1, 0.15) is 50.0 Å². The minimum Gasteiger partial charge on any atom is -0.493 e. The summed E-state index contributed by atoms with van der Waals surface area (Å²) in [5.41, 5.74) is 2.22. The van der Waals surface area contributed by atoms with Gasteiger partial charge in [0, 0.05) is 29.9 Å². The second-order valence-corrected chi connectivity index (χ2v) is 7.25. The van der Waals surface area contributed by atoms with E-state index in [0.29, 0.717) is 11.8 Å². The van der Waals surface area contributed by atoms with Crippen LogP contribution in [0.2, 0.25) is 0 Å². The maximum absolute atomic E-state index is 6.27. The van der Waals surface area contributed by atoms with Gasteiger partial charge in [0.25, 0.3) is 0 Å². The number of hydrogen-bond donors (Lipinski definition) is 1. The van der Waals surface area contributed by atoms with Crippen molar-refractivity contribution in [1.82, 2.24) is 19.9 Å². The molecule has 0 spiro atoms. The summed E-state index contributed by atoms with van der Waals surface area (Å²) >= 11 is 0. The summed E-state index contributed by atoms with van der Waals surface area (Å²) in [6.45, 7) is 0.846. The van der Waals surface area contributed by atoms with E-state index >= 15 is 0 Å². The Morgan fingerprint density at radius 1 is 1.18 bits per heavy atom. The molecule has 0 amide bonds. The Morgan fingerprint density at radius 3 is 2.77 bits per heavy atom. The van der Waals surface area contributed by atoms with Crippen molar-refractivity contribution in [2.24, 2.45) is 5.92 Å². The van der Waals surface area contributed by atoms with Gasteiger partial charge in [0.2, 0.25) is 0 Å². The number of nitrogens with one attached hydrogen (secondary N) is 1. The maximum Gasteiger partial charge on any atom is 0.164 e. The summed E-state index contributed by atoms with van der Waals surface area (Å²) in [6, 6.07) is 3.53. The van der Waals surface area contributed by atoms with Crippen LogP contribution >= 0.6 is 0 Å². The lowest BCUT2D eigenvalue weighted by Crippen LogP contribution is -2.39. The highest BCUT2D eigenvalue weighted by molar-refractivity contribution is 5.49. The number of ether oxygens (including phenoxy) is 1. The fourth-order valence-corrected chi connectivity index (χ4v) is 4.21. The Bertz CT molecular complexity index is 681. The smallest absolute Gasteiger partial charge is 0.164 e. The van der Waals surface area contributed by atoms with E-state index in [0.717, 1.165) is 30.1 Å². The summed E-state index contributed by atoms with van der Waals surface area (Å²) in [4.78, 5) is 0. The average Bonchev–Trinajstić information content (AvgIpc) is 3.19. The van der Waals surface area contributed by atoms with Crippen LogP contribution in [0.4, 0.5) is 0 Å². The molecule has 5 heteroatoms. The summed E-state index contributed by atoms with van der Waals surface area (Å²) in [7, 11) is 0. The predicted molar refractivity (Wildman–Crippen MR) is 83.1 cm³/mol. The third kappa shape index (κ3) is 2.28. The molecule has 5 rings (SSSR count). The van der Waals surface area contributed by atoms with E-state index in [1.807, 2.05) is 4.40 Å². The minimum absolute atomic E-state index is 0.672. The van der Waals surface area contributed by atoms with Gasteiger partial charge in [-0.15, -0.1) is 10.2 Å². The number of nitrogens with zero attached hydrogens (tertiary/aromatic N) is 3.